The van der Waals surface area contributed by atoms with Crippen LogP contribution >= 0.6 is 0 Å². The summed E-state index contributed by atoms with van der Waals surface area (Å²) >= 11 is 0. The van der Waals surface area contributed by atoms with E-state index in [1.54, 1.807) is 4.72 Å². The molecule has 0 aliphatic carbocycles. The van der Waals surface area contributed by atoms with Crippen molar-refractivity contribution in [3.63, 3.8) is 0 Å². The Kier molecular flexibility index (Phi) is 6.13. The van der Waals surface area contributed by atoms with Crippen LogP contribution in [0.2, 0.25) is 0 Å². The Bertz CT molecular complexity index is 940. The Labute approximate surface area is 154 Å². The standard InChI is InChI=1S/C15H16N4O7S/c1-25-11-8-12(26-2)17-14(16-11)18-15(22)19-27(23,24)10-6-4-3-5-9(10)7-13(20)21/h3-6,8H,7H2,1-2H3,(H,20,21)(H2,16,17,18,19,22). The van der Waals surface area contributed by atoms with Crippen molar-refractivity contribution in [3.05, 3.63) is 35.9 Å². The first-order valence-electron chi connectivity index (χ1n) is 7.35. The number of hydrogen-bond donors (Lipinski definition) is 3. The molecule has 0 spiro atoms. The highest BCUT2D eigenvalue weighted by molar-refractivity contribution is 7.90. The highest BCUT2D eigenvalue weighted by atomic mass is 32.2. The molecule has 0 saturated heterocycles. The quantitative estimate of drug-likeness (QED) is 0.610. The maximum Gasteiger partial charge on any atom is 0.335 e. The van der Waals surface area contributed by atoms with Gasteiger partial charge in [0.2, 0.25) is 17.7 Å². The van der Waals surface area contributed by atoms with Crippen LogP contribution in [0.15, 0.2) is 35.2 Å². The van der Waals surface area contributed by atoms with Gasteiger partial charge in [0.05, 0.1) is 31.6 Å². The number of carbonyl (C=O) groups is 2. The van der Waals surface area contributed by atoms with Gasteiger partial charge in [-0.3, -0.25) is 10.1 Å². The van der Waals surface area contributed by atoms with E-state index in [1.807, 2.05) is 0 Å². The summed E-state index contributed by atoms with van der Waals surface area (Å²) in [7, 11) is -1.65. The van der Waals surface area contributed by atoms with E-state index in [0.717, 1.165) is 0 Å². The summed E-state index contributed by atoms with van der Waals surface area (Å²) in [6, 6.07) is 5.66. The van der Waals surface area contributed by atoms with Gasteiger partial charge >= 0.3 is 12.0 Å². The normalized spacial score (nSPS) is 10.7. The number of nitrogens with zero attached hydrogens (tertiary/aromatic N) is 2. The first-order valence-corrected chi connectivity index (χ1v) is 8.84. The molecule has 11 nitrogen and oxygen atoms in total. The van der Waals surface area contributed by atoms with Crippen LogP contribution in [0.25, 0.3) is 0 Å². The Hall–Kier alpha value is -3.41. The number of nitrogens with one attached hydrogen (secondary N) is 2. The predicted molar refractivity (Wildman–Crippen MR) is 92.3 cm³/mol. The second kappa shape index (κ2) is 8.31. The fourth-order valence-electron chi connectivity index (χ4n) is 2.05. The van der Waals surface area contributed by atoms with Crippen LogP contribution < -0.4 is 19.5 Å². The highest BCUT2D eigenvalue weighted by Crippen LogP contribution is 2.18. The van der Waals surface area contributed by atoms with Crippen molar-refractivity contribution in [1.29, 1.82) is 0 Å². The highest BCUT2D eigenvalue weighted by Gasteiger charge is 2.22. The van der Waals surface area contributed by atoms with E-state index in [4.69, 9.17) is 14.6 Å². The van der Waals surface area contributed by atoms with Gasteiger partial charge in [-0.15, -0.1) is 0 Å². The average molecular weight is 396 g/mol. The van der Waals surface area contributed by atoms with Gasteiger partial charge in [0.15, 0.2) is 0 Å². The number of aliphatic carboxylic acids is 1. The molecule has 3 N–H and O–H groups in total. The number of carboxylic acid groups (broad SMARTS) is 1. The summed E-state index contributed by atoms with van der Waals surface area (Å²) < 4.78 is 36.5. The van der Waals surface area contributed by atoms with E-state index in [9.17, 15) is 18.0 Å². The molecule has 0 unspecified atom stereocenters. The Morgan fingerprint density at radius 2 is 1.70 bits per heavy atom. The van der Waals surface area contributed by atoms with Crippen molar-refractivity contribution in [2.45, 2.75) is 11.3 Å². The van der Waals surface area contributed by atoms with Gasteiger partial charge in [0, 0.05) is 0 Å². The van der Waals surface area contributed by atoms with Crippen molar-refractivity contribution in [3.8, 4) is 11.8 Å². The van der Waals surface area contributed by atoms with Crippen LogP contribution in [0.3, 0.4) is 0 Å². The number of amides is 2. The zero-order chi connectivity index (χ0) is 20.0. The third-order valence-electron chi connectivity index (χ3n) is 3.15. The predicted octanol–water partition coefficient (Wildman–Crippen LogP) is 0.631. The Balaban J connectivity index is 2.22. The summed E-state index contributed by atoms with van der Waals surface area (Å²) in [5.41, 5.74) is 0.0320. The molecule has 2 aromatic rings. The van der Waals surface area contributed by atoms with Crippen molar-refractivity contribution >= 4 is 28.0 Å². The molecule has 0 saturated carbocycles. The second-order valence-electron chi connectivity index (χ2n) is 5.01. The lowest BCUT2D eigenvalue weighted by atomic mass is 10.1. The molecule has 0 bridgehead atoms. The van der Waals surface area contributed by atoms with Crippen LogP contribution in [0.4, 0.5) is 10.7 Å². The summed E-state index contributed by atoms with van der Waals surface area (Å²) in [5.74, 6) is -1.28. The molecule has 0 aliphatic rings. The van der Waals surface area contributed by atoms with Crippen LogP contribution in [0, 0.1) is 0 Å². The van der Waals surface area contributed by atoms with Crippen LogP contribution in [-0.2, 0) is 21.2 Å². The fraction of sp³-hybridized carbons (Fsp3) is 0.200. The van der Waals surface area contributed by atoms with E-state index in [2.05, 4.69) is 15.3 Å². The smallest absolute Gasteiger partial charge is 0.335 e. The molecule has 0 atom stereocenters. The van der Waals surface area contributed by atoms with Crippen molar-refractivity contribution in [2.24, 2.45) is 0 Å². The van der Waals surface area contributed by atoms with Gasteiger partial charge in [-0.05, 0) is 11.6 Å². The fourth-order valence-corrected chi connectivity index (χ4v) is 3.20. The largest absolute Gasteiger partial charge is 0.481 e. The summed E-state index contributed by atoms with van der Waals surface area (Å²) in [5, 5.41) is 11.0. The van der Waals surface area contributed by atoms with Gasteiger partial charge in [0.1, 0.15) is 0 Å². The third-order valence-corrected chi connectivity index (χ3v) is 4.59. The number of urea groups is 1. The maximum absolute atomic E-state index is 12.4. The maximum atomic E-state index is 12.4. The molecule has 1 aromatic carbocycles. The molecule has 12 heteroatoms. The number of aromatic nitrogens is 2. The Morgan fingerprint density at radius 3 is 2.26 bits per heavy atom. The molecular formula is C15H16N4O7S. The lowest BCUT2D eigenvalue weighted by molar-refractivity contribution is -0.136. The molecule has 0 aliphatic heterocycles. The molecule has 0 radical (unpaired) electrons. The molecule has 2 amide bonds. The van der Waals surface area contributed by atoms with Crippen molar-refractivity contribution in [1.82, 2.24) is 14.7 Å². The molecule has 144 valence electrons. The first kappa shape index (κ1) is 19.9. The zero-order valence-corrected chi connectivity index (χ0v) is 15.1. The lowest BCUT2D eigenvalue weighted by Gasteiger charge is -2.11. The topological polar surface area (TPSA) is 157 Å². The van der Waals surface area contributed by atoms with Crippen LogP contribution in [-0.4, -0.2) is 49.7 Å². The SMILES string of the molecule is COc1cc(OC)nc(NC(=O)NS(=O)(=O)c2ccccc2CC(=O)O)n1. The van der Waals surface area contributed by atoms with E-state index in [-0.39, 0.29) is 28.2 Å². The van der Waals surface area contributed by atoms with E-state index in [1.165, 1.54) is 44.6 Å². The number of rotatable bonds is 7. The third kappa shape index (κ3) is 5.28. The summed E-state index contributed by atoms with van der Waals surface area (Å²) in [6.07, 6.45) is -0.519. The average Bonchev–Trinajstić information content (AvgIpc) is 2.60. The van der Waals surface area contributed by atoms with Gasteiger partial charge in [0.25, 0.3) is 10.0 Å². The summed E-state index contributed by atoms with van der Waals surface area (Å²) in [6.45, 7) is 0. The van der Waals surface area contributed by atoms with Crippen LogP contribution in [0.1, 0.15) is 5.56 Å². The molecule has 27 heavy (non-hydrogen) atoms. The van der Waals surface area contributed by atoms with Gasteiger partial charge in [-0.1, -0.05) is 18.2 Å². The molecule has 2 rings (SSSR count). The molecule has 1 heterocycles. The van der Waals surface area contributed by atoms with E-state index in [0.29, 0.717) is 0 Å². The number of carbonyl (C=O) groups excluding carboxylic acids is 1. The van der Waals surface area contributed by atoms with Gasteiger partial charge in [-0.25, -0.2) is 17.9 Å². The number of methoxy groups -OCH3 is 2. The molecule has 1 aromatic heterocycles. The number of carboxylic acids is 1. The van der Waals surface area contributed by atoms with E-state index < -0.39 is 28.4 Å². The number of anilines is 1. The van der Waals surface area contributed by atoms with Gasteiger partial charge < -0.3 is 14.6 Å². The van der Waals surface area contributed by atoms with Crippen LogP contribution in [0.5, 0.6) is 11.8 Å². The van der Waals surface area contributed by atoms with Crippen molar-refractivity contribution < 1.29 is 32.6 Å². The monoisotopic (exact) mass is 396 g/mol. The number of hydrogen-bond acceptors (Lipinski definition) is 8. The number of ether oxygens (including phenoxy) is 2. The van der Waals surface area contributed by atoms with Crippen molar-refractivity contribution in [2.75, 3.05) is 19.5 Å². The zero-order valence-electron chi connectivity index (χ0n) is 14.3. The van der Waals surface area contributed by atoms with E-state index >= 15 is 0 Å². The summed E-state index contributed by atoms with van der Waals surface area (Å²) in [4.78, 5) is 30.3. The number of benzene rings is 1. The molecule has 0 fully saturated rings. The lowest BCUT2D eigenvalue weighted by Crippen LogP contribution is -2.35. The molecular weight excluding hydrogens is 380 g/mol. The minimum absolute atomic E-state index is 0.0320. The minimum Gasteiger partial charge on any atom is -0.481 e. The second-order valence-corrected chi connectivity index (χ2v) is 6.66. The Morgan fingerprint density at radius 1 is 1.11 bits per heavy atom. The number of sulfonamides is 1. The first-order chi connectivity index (χ1) is 12.7. The van der Waals surface area contributed by atoms with Gasteiger partial charge in [-0.2, -0.15) is 9.97 Å². The minimum atomic E-state index is -4.33.